The molecule has 0 fully saturated rings. The fourth-order valence-corrected chi connectivity index (χ4v) is 5.16. The summed E-state index contributed by atoms with van der Waals surface area (Å²) >= 11 is 9.71. The largest absolute Gasteiger partial charge is 0.383 e. The molecule has 2 heterocycles. The summed E-state index contributed by atoms with van der Waals surface area (Å²) in [6.07, 6.45) is 0. The number of benzene rings is 3. The molecule has 2 aliphatic heterocycles. The van der Waals surface area contributed by atoms with Crippen LogP contribution in [0.1, 0.15) is 40.0 Å². The Morgan fingerprint density at radius 1 is 1.27 bits per heavy atom. The lowest BCUT2D eigenvalue weighted by molar-refractivity contribution is 0.0757. The third-order valence-electron chi connectivity index (χ3n) is 5.95. The third kappa shape index (κ3) is 3.68. The van der Waals surface area contributed by atoms with Gasteiger partial charge in [0.15, 0.2) is 0 Å². The van der Waals surface area contributed by atoms with Crippen molar-refractivity contribution in [1.82, 2.24) is 5.32 Å². The summed E-state index contributed by atoms with van der Waals surface area (Å²) in [5.41, 5.74) is 1.66. The van der Waals surface area contributed by atoms with Crippen molar-refractivity contribution in [2.45, 2.75) is 18.6 Å². The number of hydrogen-bond acceptors (Lipinski definition) is 3. The second-order valence-electron chi connectivity index (χ2n) is 8.29. The van der Waals surface area contributed by atoms with Crippen LogP contribution in [0.3, 0.4) is 0 Å². The first kappa shape index (κ1) is 21.9. The number of fused-ring (bicyclic) bond motifs is 2. The fourth-order valence-electron chi connectivity index (χ4n) is 4.48. The Hall–Kier alpha value is -2.94. The molecular formula is C24H18BrClFN3O3. The van der Waals surface area contributed by atoms with Gasteiger partial charge in [-0.3, -0.25) is 9.69 Å². The molecule has 3 amide bonds. The van der Waals surface area contributed by atoms with Crippen molar-refractivity contribution in [3.05, 3.63) is 92.2 Å². The molecule has 0 bridgehead atoms. The van der Waals surface area contributed by atoms with E-state index < -0.39 is 23.5 Å². The Morgan fingerprint density at radius 3 is 2.82 bits per heavy atom. The smallest absolute Gasteiger partial charge is 0.326 e. The van der Waals surface area contributed by atoms with Gasteiger partial charge in [-0.2, -0.15) is 0 Å². The molecule has 2 aliphatic rings. The summed E-state index contributed by atoms with van der Waals surface area (Å²) in [6, 6.07) is 13.2. The number of β-amino-alcohol motifs (C(OH)–C–C–N with tert-alkyl or cyclic N) is 1. The summed E-state index contributed by atoms with van der Waals surface area (Å²) in [7, 11) is 0. The van der Waals surface area contributed by atoms with E-state index in [-0.39, 0.29) is 12.5 Å². The molecule has 0 spiro atoms. The van der Waals surface area contributed by atoms with Crippen molar-refractivity contribution in [2.75, 3.05) is 16.8 Å². The molecule has 0 saturated carbocycles. The number of rotatable bonds is 2. The number of urea groups is 1. The van der Waals surface area contributed by atoms with Crippen molar-refractivity contribution in [3.63, 3.8) is 0 Å². The predicted molar refractivity (Wildman–Crippen MR) is 127 cm³/mol. The summed E-state index contributed by atoms with van der Waals surface area (Å²) in [4.78, 5) is 27.5. The van der Waals surface area contributed by atoms with Crippen LogP contribution in [0.4, 0.5) is 20.6 Å². The van der Waals surface area contributed by atoms with Gasteiger partial charge in [0.2, 0.25) is 0 Å². The zero-order chi connectivity index (χ0) is 23.5. The van der Waals surface area contributed by atoms with Crippen LogP contribution in [0.15, 0.2) is 59.1 Å². The van der Waals surface area contributed by atoms with Gasteiger partial charge < -0.3 is 15.7 Å². The van der Waals surface area contributed by atoms with Gasteiger partial charge in [0.05, 0.1) is 18.3 Å². The van der Waals surface area contributed by atoms with Crippen LogP contribution in [0.5, 0.6) is 0 Å². The number of carbonyl (C=O) groups excluding carboxylic acids is 2. The van der Waals surface area contributed by atoms with Crippen LogP contribution in [0.25, 0.3) is 0 Å². The molecule has 0 saturated heterocycles. The van der Waals surface area contributed by atoms with E-state index in [2.05, 4.69) is 26.6 Å². The Labute approximate surface area is 202 Å². The van der Waals surface area contributed by atoms with Gasteiger partial charge in [0.1, 0.15) is 11.4 Å². The van der Waals surface area contributed by atoms with E-state index in [1.54, 1.807) is 43.3 Å². The molecule has 2 atom stereocenters. The topological polar surface area (TPSA) is 81.7 Å². The van der Waals surface area contributed by atoms with Crippen LogP contribution in [0, 0.1) is 5.82 Å². The Balaban J connectivity index is 1.56. The zero-order valence-electron chi connectivity index (χ0n) is 17.3. The molecule has 3 aromatic rings. The van der Waals surface area contributed by atoms with Gasteiger partial charge in [-0.25, -0.2) is 9.18 Å². The van der Waals surface area contributed by atoms with Crippen LogP contribution in [-0.4, -0.2) is 23.6 Å². The zero-order valence-corrected chi connectivity index (χ0v) is 19.7. The van der Waals surface area contributed by atoms with Crippen LogP contribution in [0.2, 0.25) is 5.02 Å². The van der Waals surface area contributed by atoms with Gasteiger partial charge in [-0.05, 0) is 43.3 Å². The lowest BCUT2D eigenvalue weighted by atomic mass is 9.96. The first-order valence-electron chi connectivity index (χ1n) is 10.2. The molecule has 33 heavy (non-hydrogen) atoms. The molecular weight excluding hydrogens is 513 g/mol. The van der Waals surface area contributed by atoms with Crippen LogP contribution >= 0.6 is 27.5 Å². The van der Waals surface area contributed by atoms with Crippen molar-refractivity contribution in [1.29, 1.82) is 0 Å². The van der Waals surface area contributed by atoms with Crippen LogP contribution in [-0.2, 0) is 5.60 Å². The number of para-hydroxylation sites is 1. The number of amides is 3. The minimum absolute atomic E-state index is 0.0741. The average Bonchev–Trinajstić information content (AvgIpc) is 3.24. The van der Waals surface area contributed by atoms with Gasteiger partial charge in [0.25, 0.3) is 5.91 Å². The lowest BCUT2D eigenvalue weighted by Crippen LogP contribution is -2.38. The molecule has 0 aromatic heterocycles. The molecule has 5 rings (SSSR count). The Kier molecular flexibility index (Phi) is 5.19. The van der Waals surface area contributed by atoms with E-state index in [1.165, 1.54) is 23.1 Å². The number of halogens is 3. The van der Waals surface area contributed by atoms with Crippen LogP contribution < -0.4 is 15.5 Å². The Bertz CT molecular complexity index is 1330. The van der Waals surface area contributed by atoms with E-state index in [0.29, 0.717) is 43.1 Å². The number of hydrogen-bond donors (Lipinski definition) is 3. The SMILES string of the molecule is C[C@@]1(O)CN(C(=O)Nc2cc(Br)cc3c2C(c2cc(F)ccc2Cl)NC3=O)c2ccccc21. The van der Waals surface area contributed by atoms with Crippen molar-refractivity contribution >= 4 is 50.8 Å². The quantitative estimate of drug-likeness (QED) is 0.419. The van der Waals surface area contributed by atoms with E-state index in [4.69, 9.17) is 11.6 Å². The number of anilines is 2. The van der Waals surface area contributed by atoms with E-state index >= 15 is 0 Å². The third-order valence-corrected chi connectivity index (χ3v) is 6.75. The maximum atomic E-state index is 14.0. The van der Waals surface area contributed by atoms with Gasteiger partial charge in [-0.15, -0.1) is 0 Å². The normalized spacial score (nSPS) is 20.9. The van der Waals surface area contributed by atoms with Crippen molar-refractivity contribution < 1.29 is 19.1 Å². The maximum absolute atomic E-state index is 14.0. The Morgan fingerprint density at radius 2 is 2.03 bits per heavy atom. The monoisotopic (exact) mass is 529 g/mol. The standard InChI is InChI=1S/C24H18BrClFN3O3/c1-24(33)11-30(19-5-3-2-4-16(19)24)23(32)28-18-9-12(25)8-15-20(18)21(29-22(15)31)14-10-13(27)6-7-17(14)26/h2-10,21,33H,11H2,1H3,(H,28,32)(H,29,31)/t21?,24-/m1/s1. The van der Waals surface area contributed by atoms with E-state index in [1.807, 2.05) is 0 Å². The average molecular weight is 531 g/mol. The summed E-state index contributed by atoms with van der Waals surface area (Å²) in [5.74, 6) is -0.850. The first-order valence-corrected chi connectivity index (χ1v) is 11.3. The predicted octanol–water partition coefficient (Wildman–Crippen LogP) is 5.33. The maximum Gasteiger partial charge on any atom is 0.326 e. The molecule has 3 aromatic carbocycles. The van der Waals surface area contributed by atoms with Gasteiger partial charge >= 0.3 is 6.03 Å². The molecule has 1 unspecified atom stereocenters. The number of aliphatic hydroxyl groups is 1. The van der Waals surface area contributed by atoms with Gasteiger partial charge in [0, 0.05) is 37.4 Å². The highest BCUT2D eigenvalue weighted by molar-refractivity contribution is 9.10. The first-order chi connectivity index (χ1) is 15.7. The minimum Gasteiger partial charge on any atom is -0.383 e. The molecule has 9 heteroatoms. The van der Waals surface area contributed by atoms with E-state index in [0.717, 1.165) is 0 Å². The molecule has 3 N–H and O–H groups in total. The summed E-state index contributed by atoms with van der Waals surface area (Å²) in [6.45, 7) is 1.73. The fraction of sp³-hybridized carbons (Fsp3) is 0.167. The second kappa shape index (κ2) is 7.83. The molecule has 6 nitrogen and oxygen atoms in total. The highest BCUT2D eigenvalue weighted by Gasteiger charge is 2.40. The number of carbonyl (C=O) groups is 2. The number of nitrogens with one attached hydrogen (secondary N) is 2. The highest BCUT2D eigenvalue weighted by atomic mass is 79.9. The van der Waals surface area contributed by atoms with E-state index in [9.17, 15) is 19.1 Å². The molecule has 0 radical (unpaired) electrons. The molecule has 168 valence electrons. The minimum atomic E-state index is -1.19. The second-order valence-corrected chi connectivity index (χ2v) is 9.62. The highest BCUT2D eigenvalue weighted by Crippen LogP contribution is 2.42. The summed E-state index contributed by atoms with van der Waals surface area (Å²) < 4.78 is 14.6. The summed E-state index contributed by atoms with van der Waals surface area (Å²) in [5, 5.41) is 16.8. The lowest BCUT2D eigenvalue weighted by Gasteiger charge is -2.23. The van der Waals surface area contributed by atoms with Crippen molar-refractivity contribution in [2.24, 2.45) is 0 Å². The van der Waals surface area contributed by atoms with Gasteiger partial charge in [-0.1, -0.05) is 45.7 Å². The molecule has 0 aliphatic carbocycles. The number of nitrogens with zero attached hydrogens (tertiary/aromatic N) is 1. The van der Waals surface area contributed by atoms with Crippen molar-refractivity contribution in [3.8, 4) is 0 Å².